The first-order valence-electron chi connectivity index (χ1n) is 10.5. The Balaban J connectivity index is 1.34. The highest BCUT2D eigenvalue weighted by Gasteiger charge is 2.37. The van der Waals surface area contributed by atoms with Crippen LogP contribution in [0.25, 0.3) is 0 Å². The van der Waals surface area contributed by atoms with Crippen LogP contribution in [0.3, 0.4) is 0 Å². The van der Waals surface area contributed by atoms with Crippen molar-refractivity contribution >= 4 is 39.2 Å². The first kappa shape index (κ1) is 23.5. The topological polar surface area (TPSA) is 154 Å². The quantitative estimate of drug-likeness (QED) is 0.570. The van der Waals surface area contributed by atoms with Crippen LogP contribution in [-0.4, -0.2) is 52.1 Å². The molecule has 1 saturated heterocycles. The van der Waals surface area contributed by atoms with Gasteiger partial charge in [0.25, 0.3) is 5.91 Å². The van der Waals surface area contributed by atoms with Gasteiger partial charge in [-0.3, -0.25) is 14.4 Å². The lowest BCUT2D eigenvalue weighted by molar-refractivity contribution is -0.157. The number of hydrogen-bond donors (Lipinski definition) is 2. The van der Waals surface area contributed by atoms with Gasteiger partial charge >= 0.3 is 5.97 Å². The molecule has 180 valence electrons. The number of nitrogens with two attached hydrogens (primary N) is 1. The van der Waals surface area contributed by atoms with Crippen LogP contribution in [0.15, 0.2) is 47.4 Å². The van der Waals surface area contributed by atoms with E-state index in [0.29, 0.717) is 36.1 Å². The zero-order chi connectivity index (χ0) is 24.5. The molecule has 4 rings (SSSR count). The van der Waals surface area contributed by atoms with E-state index in [1.807, 2.05) is 0 Å². The van der Waals surface area contributed by atoms with Gasteiger partial charge in [-0.2, -0.15) is 0 Å². The maximum absolute atomic E-state index is 12.6. The van der Waals surface area contributed by atoms with Crippen molar-refractivity contribution in [2.24, 2.45) is 11.1 Å². The van der Waals surface area contributed by atoms with Crippen molar-refractivity contribution in [1.82, 2.24) is 0 Å². The fourth-order valence-corrected chi connectivity index (χ4v) is 4.13. The molecule has 34 heavy (non-hydrogen) atoms. The molecule has 2 aliphatic heterocycles. The van der Waals surface area contributed by atoms with E-state index >= 15 is 0 Å². The van der Waals surface area contributed by atoms with Crippen LogP contribution in [-0.2, 0) is 29.1 Å². The molecule has 2 atom stereocenters. The van der Waals surface area contributed by atoms with Crippen LogP contribution in [0.5, 0.6) is 11.5 Å². The van der Waals surface area contributed by atoms with Crippen LogP contribution in [0.1, 0.15) is 13.3 Å². The molecule has 0 aromatic heterocycles. The van der Waals surface area contributed by atoms with Crippen LogP contribution in [0.2, 0.25) is 0 Å². The van der Waals surface area contributed by atoms with Gasteiger partial charge in [-0.1, -0.05) is 0 Å². The molecule has 3 N–H and O–H groups in total. The highest BCUT2D eigenvalue weighted by Crippen LogP contribution is 2.36. The standard InChI is InChI=1S/C22H23N3O8S/c1-13(21(27)24-15-2-5-17(6-3-15)34(23,29)30)33-22(28)14-10-20(26)25(12-14)16-4-7-18-19(11-16)32-9-8-31-18/h2-7,11,13-14H,8-10,12H2,1H3,(H,24,27)(H2,23,29,30)/t13-,14+/m0/s1. The number of primary sulfonamides is 1. The predicted molar refractivity (Wildman–Crippen MR) is 120 cm³/mol. The van der Waals surface area contributed by atoms with Crippen molar-refractivity contribution in [2.45, 2.75) is 24.3 Å². The number of rotatable bonds is 6. The van der Waals surface area contributed by atoms with Gasteiger partial charge in [0.1, 0.15) is 13.2 Å². The number of esters is 1. The minimum Gasteiger partial charge on any atom is -0.486 e. The summed E-state index contributed by atoms with van der Waals surface area (Å²) in [4.78, 5) is 38.9. The van der Waals surface area contributed by atoms with Crippen LogP contribution in [0, 0.1) is 5.92 Å². The second kappa shape index (κ2) is 9.31. The molecular formula is C22H23N3O8S. The Bertz CT molecular complexity index is 1230. The lowest BCUT2D eigenvalue weighted by Crippen LogP contribution is -2.33. The maximum Gasteiger partial charge on any atom is 0.312 e. The summed E-state index contributed by atoms with van der Waals surface area (Å²) in [6.07, 6.45) is -1.18. The summed E-state index contributed by atoms with van der Waals surface area (Å²) >= 11 is 0. The first-order valence-corrected chi connectivity index (χ1v) is 12.0. The number of hydrogen-bond acceptors (Lipinski definition) is 8. The maximum atomic E-state index is 12.6. The number of ether oxygens (including phenoxy) is 3. The van der Waals surface area contributed by atoms with Gasteiger partial charge in [0, 0.05) is 30.4 Å². The Labute approximate surface area is 195 Å². The number of benzene rings is 2. The summed E-state index contributed by atoms with van der Waals surface area (Å²) in [5, 5.41) is 7.58. The molecule has 11 nitrogen and oxygen atoms in total. The highest BCUT2D eigenvalue weighted by molar-refractivity contribution is 7.89. The van der Waals surface area contributed by atoms with Crippen molar-refractivity contribution in [2.75, 3.05) is 30.0 Å². The van der Waals surface area contributed by atoms with E-state index in [-0.39, 0.29) is 23.8 Å². The predicted octanol–water partition coefficient (Wildman–Crippen LogP) is 1.03. The van der Waals surface area contributed by atoms with Gasteiger partial charge in [-0.05, 0) is 43.3 Å². The Hall–Kier alpha value is -3.64. The molecule has 0 bridgehead atoms. The van der Waals surface area contributed by atoms with Crippen LogP contribution in [0.4, 0.5) is 11.4 Å². The number of amides is 2. The molecule has 2 aromatic rings. The van der Waals surface area contributed by atoms with E-state index in [2.05, 4.69) is 5.32 Å². The second-order valence-electron chi connectivity index (χ2n) is 7.87. The number of sulfonamides is 1. The molecular weight excluding hydrogens is 466 g/mol. The van der Waals surface area contributed by atoms with Crippen molar-refractivity contribution in [3.8, 4) is 11.5 Å². The Morgan fingerprint density at radius 3 is 2.47 bits per heavy atom. The zero-order valence-corrected chi connectivity index (χ0v) is 19.0. The van der Waals surface area contributed by atoms with E-state index < -0.39 is 33.9 Å². The third-order valence-corrected chi connectivity index (χ3v) is 6.34. The number of carbonyl (C=O) groups is 3. The van der Waals surface area contributed by atoms with E-state index in [1.165, 1.54) is 36.1 Å². The van der Waals surface area contributed by atoms with E-state index in [1.54, 1.807) is 18.2 Å². The molecule has 12 heteroatoms. The summed E-state index contributed by atoms with van der Waals surface area (Å²) in [6, 6.07) is 10.4. The fraction of sp³-hybridized carbons (Fsp3) is 0.318. The zero-order valence-electron chi connectivity index (χ0n) is 18.2. The van der Waals surface area contributed by atoms with Gasteiger partial charge in [0.05, 0.1) is 10.8 Å². The molecule has 0 unspecified atom stereocenters. The first-order chi connectivity index (χ1) is 16.1. The third kappa shape index (κ3) is 5.13. The molecule has 2 aliphatic rings. The number of nitrogens with zero attached hydrogens (tertiary/aromatic N) is 1. The average Bonchev–Trinajstić information content (AvgIpc) is 3.20. The average molecular weight is 490 g/mol. The summed E-state index contributed by atoms with van der Waals surface area (Å²) in [5.41, 5.74) is 0.888. The van der Waals surface area contributed by atoms with Crippen LogP contribution >= 0.6 is 0 Å². The van der Waals surface area contributed by atoms with Gasteiger partial charge in [0.15, 0.2) is 17.6 Å². The Morgan fingerprint density at radius 2 is 1.79 bits per heavy atom. The van der Waals surface area contributed by atoms with Gasteiger partial charge < -0.3 is 24.4 Å². The number of fused-ring (bicyclic) bond motifs is 1. The van der Waals surface area contributed by atoms with Crippen molar-refractivity contribution in [3.05, 3.63) is 42.5 Å². The molecule has 0 aliphatic carbocycles. The van der Waals surface area contributed by atoms with Gasteiger partial charge in [-0.25, -0.2) is 13.6 Å². The minimum atomic E-state index is -3.85. The summed E-state index contributed by atoms with van der Waals surface area (Å²) in [6.45, 7) is 2.38. The molecule has 2 aromatic carbocycles. The second-order valence-corrected chi connectivity index (χ2v) is 9.43. The smallest absolute Gasteiger partial charge is 0.312 e. The highest BCUT2D eigenvalue weighted by atomic mass is 32.2. The van der Waals surface area contributed by atoms with Crippen LogP contribution < -0.4 is 24.8 Å². The van der Waals surface area contributed by atoms with Gasteiger partial charge in [0.2, 0.25) is 15.9 Å². The number of nitrogens with one attached hydrogen (secondary N) is 1. The number of anilines is 2. The lowest BCUT2D eigenvalue weighted by Gasteiger charge is -2.22. The van der Waals surface area contributed by atoms with E-state index in [9.17, 15) is 22.8 Å². The molecule has 0 saturated carbocycles. The number of carbonyl (C=O) groups excluding carboxylic acids is 3. The molecule has 1 fully saturated rings. The lowest BCUT2D eigenvalue weighted by atomic mass is 10.1. The monoisotopic (exact) mass is 489 g/mol. The summed E-state index contributed by atoms with van der Waals surface area (Å²) < 4.78 is 38.9. The van der Waals surface area contributed by atoms with Crippen molar-refractivity contribution in [1.29, 1.82) is 0 Å². The normalized spacial score (nSPS) is 18.4. The molecule has 0 radical (unpaired) electrons. The van der Waals surface area contributed by atoms with Gasteiger partial charge in [-0.15, -0.1) is 0 Å². The molecule has 2 amide bonds. The van der Waals surface area contributed by atoms with E-state index in [0.717, 1.165) is 0 Å². The Kier molecular flexibility index (Phi) is 6.44. The van der Waals surface area contributed by atoms with E-state index in [4.69, 9.17) is 19.3 Å². The van der Waals surface area contributed by atoms with Crippen molar-refractivity contribution < 1.29 is 37.0 Å². The molecule has 0 spiro atoms. The largest absolute Gasteiger partial charge is 0.486 e. The summed E-state index contributed by atoms with van der Waals surface area (Å²) in [7, 11) is -3.85. The fourth-order valence-electron chi connectivity index (χ4n) is 3.61. The molecule has 2 heterocycles. The SMILES string of the molecule is C[C@H](OC(=O)[C@@H]1CC(=O)N(c2ccc3c(c2)OCCO3)C1)C(=O)Nc1ccc(S(N)(=O)=O)cc1. The Morgan fingerprint density at radius 1 is 1.12 bits per heavy atom. The van der Waals surface area contributed by atoms with Crippen molar-refractivity contribution in [3.63, 3.8) is 0 Å². The summed E-state index contributed by atoms with van der Waals surface area (Å²) in [5.74, 6) is -1.12. The third-order valence-electron chi connectivity index (χ3n) is 5.41. The minimum absolute atomic E-state index is 0.0450.